The molecule has 0 aliphatic heterocycles. The number of anilines is 1. The van der Waals surface area contributed by atoms with Crippen molar-refractivity contribution >= 4 is 21.4 Å². The molecule has 0 heterocycles. The van der Waals surface area contributed by atoms with Crippen LogP contribution in [0.3, 0.4) is 0 Å². The smallest absolute Gasteiger partial charge is 0.404 e. The molecule has 2 aromatic carbocycles. The Morgan fingerprint density at radius 3 is 2.44 bits per heavy atom. The van der Waals surface area contributed by atoms with Gasteiger partial charge in [-0.2, -0.15) is 0 Å². The molecule has 0 aliphatic carbocycles. The molecule has 2 aromatic rings. The molecule has 134 valence electrons. The number of rotatable bonds is 5. The van der Waals surface area contributed by atoms with E-state index in [1.807, 2.05) is 0 Å². The third-order valence-corrected chi connectivity index (χ3v) is 3.84. The highest BCUT2D eigenvalue weighted by Crippen LogP contribution is 2.30. The van der Waals surface area contributed by atoms with E-state index in [-0.39, 0.29) is 17.0 Å². The number of halogens is 3. The van der Waals surface area contributed by atoms with Crippen LogP contribution in [0.1, 0.15) is 15.9 Å². The first-order valence-corrected chi connectivity index (χ1v) is 9.02. The fraction of sp³-hybridized carbons (Fsp3) is 0.188. The molecule has 0 saturated heterocycles. The van der Waals surface area contributed by atoms with E-state index < -0.39 is 27.9 Å². The van der Waals surface area contributed by atoms with Crippen LogP contribution in [0.5, 0.6) is 5.75 Å². The Morgan fingerprint density at radius 2 is 1.80 bits per heavy atom. The van der Waals surface area contributed by atoms with E-state index in [1.54, 1.807) is 6.07 Å². The molecular formula is C16H14F3NO4S. The summed E-state index contributed by atoms with van der Waals surface area (Å²) in [6.07, 6.45) is -3.83. The van der Waals surface area contributed by atoms with Gasteiger partial charge in [-0.3, -0.25) is 4.79 Å². The molecule has 0 aromatic heterocycles. The van der Waals surface area contributed by atoms with Crippen LogP contribution in [0.15, 0.2) is 48.5 Å². The summed E-state index contributed by atoms with van der Waals surface area (Å²) < 4.78 is 63.7. The van der Waals surface area contributed by atoms with Gasteiger partial charge in [0.25, 0.3) is 5.91 Å². The molecule has 1 N–H and O–H groups in total. The summed E-state index contributed by atoms with van der Waals surface area (Å²) in [6, 6.07) is 10.9. The van der Waals surface area contributed by atoms with Gasteiger partial charge in [0.05, 0.1) is 11.4 Å². The number of carbonyl (C=O) groups excluding carboxylic acids is 1. The van der Waals surface area contributed by atoms with Crippen LogP contribution in [0.4, 0.5) is 18.9 Å². The van der Waals surface area contributed by atoms with Crippen molar-refractivity contribution in [2.24, 2.45) is 0 Å². The number of carbonyl (C=O) groups is 1. The number of alkyl halides is 3. The first-order valence-electron chi connectivity index (χ1n) is 6.96. The van der Waals surface area contributed by atoms with E-state index in [9.17, 15) is 26.4 Å². The van der Waals surface area contributed by atoms with Gasteiger partial charge in [0.1, 0.15) is 0 Å². The molecule has 0 unspecified atom stereocenters. The lowest BCUT2D eigenvalue weighted by Crippen LogP contribution is -2.19. The molecule has 9 heteroatoms. The second-order valence-electron chi connectivity index (χ2n) is 5.27. The monoisotopic (exact) mass is 373 g/mol. The summed E-state index contributed by atoms with van der Waals surface area (Å²) in [6.45, 7) is 0. The average molecular weight is 373 g/mol. The van der Waals surface area contributed by atoms with Gasteiger partial charge in [0, 0.05) is 11.8 Å². The molecule has 5 nitrogen and oxygen atoms in total. The van der Waals surface area contributed by atoms with Gasteiger partial charge >= 0.3 is 6.36 Å². The van der Waals surface area contributed by atoms with Crippen molar-refractivity contribution in [1.29, 1.82) is 0 Å². The summed E-state index contributed by atoms with van der Waals surface area (Å²) in [7, 11) is -3.28. The lowest BCUT2D eigenvalue weighted by molar-refractivity contribution is -0.274. The number of nitrogens with one attached hydrogen (secondary N) is 1. The number of benzene rings is 2. The van der Waals surface area contributed by atoms with Crippen LogP contribution in [-0.4, -0.2) is 26.9 Å². The minimum absolute atomic E-state index is 0.114. The topological polar surface area (TPSA) is 72.5 Å². The lowest BCUT2D eigenvalue weighted by Gasteiger charge is -2.14. The van der Waals surface area contributed by atoms with Crippen molar-refractivity contribution in [3.8, 4) is 5.75 Å². The van der Waals surface area contributed by atoms with Crippen LogP contribution in [0.2, 0.25) is 0 Å². The fourth-order valence-electron chi connectivity index (χ4n) is 2.08. The van der Waals surface area contributed by atoms with Gasteiger partial charge in [-0.15, -0.1) is 13.2 Å². The summed E-state index contributed by atoms with van der Waals surface area (Å²) in [5.41, 5.74) is 0.358. The summed E-state index contributed by atoms with van der Waals surface area (Å²) in [4.78, 5) is 12.3. The van der Waals surface area contributed by atoms with Gasteiger partial charge in [0.15, 0.2) is 15.6 Å². The molecule has 0 saturated carbocycles. The van der Waals surface area contributed by atoms with Gasteiger partial charge in [-0.05, 0) is 29.8 Å². The number of para-hydroxylation sites is 2. The van der Waals surface area contributed by atoms with Gasteiger partial charge in [0.2, 0.25) is 0 Å². The minimum atomic E-state index is -4.89. The molecule has 0 aliphatic rings. The van der Waals surface area contributed by atoms with Crippen LogP contribution in [0.25, 0.3) is 0 Å². The maximum atomic E-state index is 12.4. The van der Waals surface area contributed by atoms with Crippen LogP contribution in [0, 0.1) is 0 Å². The van der Waals surface area contributed by atoms with Crippen molar-refractivity contribution in [2.75, 3.05) is 11.6 Å². The van der Waals surface area contributed by atoms with E-state index in [2.05, 4.69) is 10.1 Å². The van der Waals surface area contributed by atoms with Crippen molar-refractivity contribution in [3.63, 3.8) is 0 Å². The largest absolute Gasteiger partial charge is 0.573 e. The maximum Gasteiger partial charge on any atom is 0.573 e. The van der Waals surface area contributed by atoms with Crippen LogP contribution >= 0.6 is 0 Å². The van der Waals surface area contributed by atoms with E-state index in [0.29, 0.717) is 5.56 Å². The zero-order chi connectivity index (χ0) is 18.7. The molecule has 0 atom stereocenters. The summed E-state index contributed by atoms with van der Waals surface area (Å²) in [5, 5.41) is 2.33. The van der Waals surface area contributed by atoms with Gasteiger partial charge in [-0.25, -0.2) is 8.42 Å². The zero-order valence-corrected chi connectivity index (χ0v) is 13.8. The predicted molar refractivity (Wildman–Crippen MR) is 86.1 cm³/mol. The minimum Gasteiger partial charge on any atom is -0.404 e. The van der Waals surface area contributed by atoms with Crippen molar-refractivity contribution in [2.45, 2.75) is 12.1 Å². The quantitative estimate of drug-likeness (QED) is 0.872. The average Bonchev–Trinajstić information content (AvgIpc) is 2.46. The number of ether oxygens (including phenoxy) is 1. The number of amides is 1. The Kier molecular flexibility index (Phi) is 5.36. The predicted octanol–water partition coefficient (Wildman–Crippen LogP) is 3.38. The first-order chi connectivity index (χ1) is 11.5. The SMILES string of the molecule is CS(=O)(=O)Cc1cccc(C(=O)Nc2ccccc2OC(F)(F)F)c1. The highest BCUT2D eigenvalue weighted by Gasteiger charge is 2.32. The van der Waals surface area contributed by atoms with Crippen LogP contribution < -0.4 is 10.1 Å². The molecule has 0 fully saturated rings. The summed E-state index contributed by atoms with van der Waals surface area (Å²) >= 11 is 0. The summed E-state index contributed by atoms with van der Waals surface area (Å²) in [5.74, 6) is -1.48. The second kappa shape index (κ2) is 7.14. The highest BCUT2D eigenvalue weighted by molar-refractivity contribution is 7.89. The number of sulfone groups is 1. The molecular weight excluding hydrogens is 359 g/mol. The van der Waals surface area contributed by atoms with Crippen molar-refractivity contribution < 1.29 is 31.1 Å². The van der Waals surface area contributed by atoms with E-state index in [0.717, 1.165) is 12.3 Å². The number of hydrogen-bond acceptors (Lipinski definition) is 4. The first kappa shape index (κ1) is 18.8. The third kappa shape index (κ3) is 6.11. The normalized spacial score (nSPS) is 11.8. The molecule has 0 bridgehead atoms. The maximum absolute atomic E-state index is 12.4. The molecule has 0 spiro atoms. The van der Waals surface area contributed by atoms with Crippen LogP contribution in [-0.2, 0) is 15.6 Å². The standard InChI is InChI=1S/C16H14F3NO4S/c1-25(22,23)10-11-5-4-6-12(9-11)15(21)20-13-7-2-3-8-14(13)24-16(17,18)19/h2-9H,10H2,1H3,(H,20,21). The second-order valence-corrected chi connectivity index (χ2v) is 7.41. The van der Waals surface area contributed by atoms with E-state index >= 15 is 0 Å². The van der Waals surface area contributed by atoms with Gasteiger partial charge in [-0.1, -0.05) is 24.3 Å². The number of hydrogen-bond donors (Lipinski definition) is 1. The molecule has 1 amide bonds. The Labute approximate surface area is 142 Å². The molecule has 0 radical (unpaired) electrons. The van der Waals surface area contributed by atoms with E-state index in [1.165, 1.54) is 36.4 Å². The Morgan fingerprint density at radius 1 is 1.12 bits per heavy atom. The lowest BCUT2D eigenvalue weighted by atomic mass is 10.1. The van der Waals surface area contributed by atoms with Gasteiger partial charge < -0.3 is 10.1 Å². The Bertz CT molecular complexity index is 879. The highest BCUT2D eigenvalue weighted by atomic mass is 32.2. The van der Waals surface area contributed by atoms with Crippen molar-refractivity contribution in [1.82, 2.24) is 0 Å². The fourth-order valence-corrected chi connectivity index (χ4v) is 2.87. The van der Waals surface area contributed by atoms with E-state index in [4.69, 9.17) is 0 Å². The third-order valence-electron chi connectivity index (χ3n) is 2.98. The Balaban J connectivity index is 2.22. The zero-order valence-electron chi connectivity index (χ0n) is 13.0. The van der Waals surface area contributed by atoms with Crippen molar-refractivity contribution in [3.05, 3.63) is 59.7 Å². The molecule has 25 heavy (non-hydrogen) atoms. The molecule has 2 rings (SSSR count). The Hall–Kier alpha value is -2.55.